The molecule has 146 valence electrons. The molecule has 1 atom stereocenters. The quantitative estimate of drug-likeness (QED) is 0.581. The van der Waals surface area contributed by atoms with E-state index in [-0.39, 0.29) is 18.3 Å². The van der Waals surface area contributed by atoms with Crippen LogP contribution in [0.25, 0.3) is 5.69 Å². The van der Waals surface area contributed by atoms with Crippen molar-refractivity contribution in [2.45, 2.75) is 26.2 Å². The lowest BCUT2D eigenvalue weighted by molar-refractivity contribution is -0.118. The number of phenols is 1. The summed E-state index contributed by atoms with van der Waals surface area (Å²) >= 11 is 6.06. The largest absolute Gasteiger partial charge is 0.506 e. The fourth-order valence-corrected chi connectivity index (χ4v) is 2.83. The van der Waals surface area contributed by atoms with E-state index in [2.05, 4.69) is 29.4 Å². The molecular weight excluding hydrogens is 380 g/mol. The Morgan fingerprint density at radius 2 is 2.00 bits per heavy atom. The zero-order valence-corrected chi connectivity index (χ0v) is 16.3. The number of phenolic OH excluding ortho intramolecular Hbond substituents is 1. The summed E-state index contributed by atoms with van der Waals surface area (Å²) in [5.41, 5.74) is 2.03. The van der Waals surface area contributed by atoms with Gasteiger partial charge in [-0.3, -0.25) is 9.36 Å². The molecule has 0 radical (unpaired) electrons. The van der Waals surface area contributed by atoms with Crippen LogP contribution < -0.4 is 10.1 Å². The predicted octanol–water partition coefficient (Wildman–Crippen LogP) is 4.16. The van der Waals surface area contributed by atoms with Gasteiger partial charge >= 0.3 is 0 Å². The van der Waals surface area contributed by atoms with Crippen LogP contribution in [0.3, 0.4) is 0 Å². The van der Waals surface area contributed by atoms with Gasteiger partial charge in [0.15, 0.2) is 6.61 Å². The van der Waals surface area contributed by atoms with Crippen LogP contribution in [-0.2, 0) is 4.79 Å². The molecule has 0 bridgehead atoms. The number of nitrogens with one attached hydrogen (secondary N) is 1. The van der Waals surface area contributed by atoms with E-state index < -0.39 is 0 Å². The summed E-state index contributed by atoms with van der Waals surface area (Å²) in [6.07, 6.45) is 3.98. The summed E-state index contributed by atoms with van der Waals surface area (Å²) in [5, 5.41) is 20.8. The second kappa shape index (κ2) is 8.75. The topological polar surface area (TPSA) is 89.3 Å². The zero-order chi connectivity index (χ0) is 20.1. The Balaban J connectivity index is 1.71. The molecule has 3 rings (SSSR count). The van der Waals surface area contributed by atoms with Gasteiger partial charge in [0.2, 0.25) is 0 Å². The molecule has 7 nitrogen and oxygen atoms in total. The van der Waals surface area contributed by atoms with Gasteiger partial charge in [-0.05, 0) is 48.2 Å². The number of nitrogens with zero attached hydrogens (tertiary/aromatic N) is 3. The molecule has 1 heterocycles. The highest BCUT2D eigenvalue weighted by Crippen LogP contribution is 2.29. The molecule has 3 aromatic rings. The molecule has 28 heavy (non-hydrogen) atoms. The van der Waals surface area contributed by atoms with Crippen molar-refractivity contribution in [3.63, 3.8) is 0 Å². The van der Waals surface area contributed by atoms with Crippen molar-refractivity contribution < 1.29 is 14.6 Å². The summed E-state index contributed by atoms with van der Waals surface area (Å²) in [6, 6.07) is 10.3. The number of amides is 1. The van der Waals surface area contributed by atoms with Gasteiger partial charge in [0.1, 0.15) is 24.2 Å². The Morgan fingerprint density at radius 1 is 1.25 bits per heavy atom. The highest BCUT2D eigenvalue weighted by molar-refractivity contribution is 6.30. The third-order valence-electron chi connectivity index (χ3n) is 4.45. The lowest BCUT2D eigenvalue weighted by Crippen LogP contribution is -2.20. The smallest absolute Gasteiger partial charge is 0.262 e. The van der Waals surface area contributed by atoms with Crippen molar-refractivity contribution in [2.75, 3.05) is 11.9 Å². The second-order valence-electron chi connectivity index (χ2n) is 6.40. The van der Waals surface area contributed by atoms with E-state index in [1.54, 1.807) is 34.9 Å². The van der Waals surface area contributed by atoms with Gasteiger partial charge in [-0.15, -0.1) is 10.2 Å². The number of halogens is 1. The maximum atomic E-state index is 12.3. The maximum Gasteiger partial charge on any atom is 0.262 e. The number of hydrogen-bond donors (Lipinski definition) is 2. The van der Waals surface area contributed by atoms with Crippen molar-refractivity contribution in [2.24, 2.45) is 0 Å². The highest BCUT2D eigenvalue weighted by Gasteiger charge is 2.13. The number of carbonyl (C=O) groups is 1. The molecular formula is C20H21ClN4O3. The Kier molecular flexibility index (Phi) is 6.16. The molecule has 2 N–H and O–H groups in total. The average molecular weight is 401 g/mol. The van der Waals surface area contributed by atoms with Crippen LogP contribution in [0, 0.1) is 0 Å². The maximum absolute atomic E-state index is 12.3. The van der Waals surface area contributed by atoms with Gasteiger partial charge in [-0.25, -0.2) is 0 Å². The van der Waals surface area contributed by atoms with Gasteiger partial charge < -0.3 is 15.2 Å². The molecule has 0 spiro atoms. The molecule has 0 unspecified atom stereocenters. The number of aromatic hydroxyl groups is 1. The molecule has 0 aliphatic rings. The zero-order valence-electron chi connectivity index (χ0n) is 15.6. The first-order valence-corrected chi connectivity index (χ1v) is 9.25. The van der Waals surface area contributed by atoms with Crippen molar-refractivity contribution in [3.05, 3.63) is 59.6 Å². The SMILES string of the molecule is CC[C@@H](C)c1ccc(O)c(NC(=O)COc2ccc(Cl)cc2-n2cnnc2)c1. The average Bonchev–Trinajstić information content (AvgIpc) is 3.22. The minimum atomic E-state index is -0.388. The molecule has 0 saturated heterocycles. The van der Waals surface area contributed by atoms with E-state index in [4.69, 9.17) is 16.3 Å². The van der Waals surface area contributed by atoms with E-state index in [0.717, 1.165) is 12.0 Å². The minimum absolute atomic E-state index is 0.0112. The van der Waals surface area contributed by atoms with Crippen LogP contribution >= 0.6 is 11.6 Å². The predicted molar refractivity (Wildman–Crippen MR) is 107 cm³/mol. The highest BCUT2D eigenvalue weighted by atomic mass is 35.5. The number of aromatic nitrogens is 3. The van der Waals surface area contributed by atoms with Crippen LogP contribution in [0.2, 0.25) is 5.02 Å². The van der Waals surface area contributed by atoms with Gasteiger partial charge in [0.25, 0.3) is 5.91 Å². The molecule has 0 aliphatic heterocycles. The Labute approximate surface area is 167 Å². The van der Waals surface area contributed by atoms with Crippen LogP contribution in [-0.4, -0.2) is 32.4 Å². The van der Waals surface area contributed by atoms with Crippen molar-refractivity contribution in [1.29, 1.82) is 0 Å². The Bertz CT molecular complexity index is 960. The monoisotopic (exact) mass is 400 g/mol. The summed E-state index contributed by atoms with van der Waals surface area (Å²) in [4.78, 5) is 12.3. The van der Waals surface area contributed by atoms with E-state index >= 15 is 0 Å². The van der Waals surface area contributed by atoms with E-state index in [1.165, 1.54) is 12.7 Å². The molecule has 1 aromatic heterocycles. The molecule has 0 aliphatic carbocycles. The van der Waals surface area contributed by atoms with Crippen LogP contribution in [0.15, 0.2) is 49.1 Å². The summed E-state index contributed by atoms with van der Waals surface area (Å²) in [5.74, 6) is 0.406. The molecule has 0 fully saturated rings. The molecule has 8 heteroatoms. The number of ether oxygens (including phenoxy) is 1. The molecule has 0 saturated carbocycles. The third-order valence-corrected chi connectivity index (χ3v) is 4.69. The number of hydrogen-bond acceptors (Lipinski definition) is 5. The molecule has 2 aromatic carbocycles. The lowest BCUT2D eigenvalue weighted by Gasteiger charge is -2.14. The van der Waals surface area contributed by atoms with Gasteiger partial charge in [0, 0.05) is 5.02 Å². The standard InChI is InChI=1S/C20H21ClN4O3/c1-3-13(2)14-4-6-18(26)16(8-14)24-20(27)10-28-19-7-5-15(21)9-17(19)25-11-22-23-12-25/h4-9,11-13,26H,3,10H2,1-2H3,(H,24,27)/t13-/m1/s1. The van der Waals surface area contributed by atoms with Crippen molar-refractivity contribution >= 4 is 23.2 Å². The number of benzene rings is 2. The van der Waals surface area contributed by atoms with Crippen LogP contribution in [0.1, 0.15) is 31.7 Å². The first-order chi connectivity index (χ1) is 13.5. The third kappa shape index (κ3) is 4.61. The first kappa shape index (κ1) is 19.7. The Morgan fingerprint density at radius 3 is 2.71 bits per heavy atom. The van der Waals surface area contributed by atoms with Gasteiger partial charge in [-0.2, -0.15) is 0 Å². The number of anilines is 1. The van der Waals surface area contributed by atoms with E-state index in [9.17, 15) is 9.90 Å². The van der Waals surface area contributed by atoms with Crippen molar-refractivity contribution in [1.82, 2.24) is 14.8 Å². The fraction of sp³-hybridized carbons (Fsp3) is 0.250. The fourth-order valence-electron chi connectivity index (χ4n) is 2.67. The Hall–Kier alpha value is -3.06. The van der Waals surface area contributed by atoms with E-state index in [1.807, 2.05) is 6.07 Å². The van der Waals surface area contributed by atoms with Gasteiger partial charge in [0.05, 0.1) is 11.4 Å². The van der Waals surface area contributed by atoms with Crippen LogP contribution in [0.5, 0.6) is 11.5 Å². The lowest BCUT2D eigenvalue weighted by atomic mass is 9.98. The van der Waals surface area contributed by atoms with Crippen LogP contribution in [0.4, 0.5) is 5.69 Å². The second-order valence-corrected chi connectivity index (χ2v) is 6.84. The minimum Gasteiger partial charge on any atom is -0.506 e. The first-order valence-electron chi connectivity index (χ1n) is 8.88. The van der Waals surface area contributed by atoms with Gasteiger partial charge in [-0.1, -0.05) is 31.5 Å². The van der Waals surface area contributed by atoms with Crippen molar-refractivity contribution in [3.8, 4) is 17.2 Å². The molecule has 1 amide bonds. The summed E-state index contributed by atoms with van der Waals surface area (Å²) in [7, 11) is 0. The summed E-state index contributed by atoms with van der Waals surface area (Å²) < 4.78 is 7.30. The number of carbonyl (C=O) groups excluding carboxylic acids is 1. The summed E-state index contributed by atoms with van der Waals surface area (Å²) in [6.45, 7) is 3.95. The van der Waals surface area contributed by atoms with E-state index in [0.29, 0.717) is 28.1 Å². The normalized spacial score (nSPS) is 11.8. The number of rotatable bonds is 7.